The highest BCUT2D eigenvalue weighted by atomic mass is 15.3. The van der Waals surface area contributed by atoms with E-state index < -0.39 is 0 Å². The Balaban J connectivity index is 1.54. The highest BCUT2D eigenvalue weighted by molar-refractivity contribution is 5.80. The third-order valence-electron chi connectivity index (χ3n) is 5.80. The minimum Gasteiger partial charge on any atom is -0.356 e. The molecule has 2 atom stereocenters. The Labute approximate surface area is 140 Å². The van der Waals surface area contributed by atoms with Crippen molar-refractivity contribution in [2.45, 2.75) is 46.0 Å². The molecule has 5 heteroatoms. The van der Waals surface area contributed by atoms with Crippen LogP contribution in [0.15, 0.2) is 4.99 Å². The molecule has 2 unspecified atom stereocenters. The fourth-order valence-electron chi connectivity index (χ4n) is 4.39. The normalized spacial score (nSPS) is 24.9. The predicted molar refractivity (Wildman–Crippen MR) is 94.8 cm³/mol. The van der Waals surface area contributed by atoms with E-state index in [-0.39, 0.29) is 0 Å². The lowest BCUT2D eigenvalue weighted by molar-refractivity contribution is 0.299. The number of nitrogens with one attached hydrogen (secondary N) is 1. The molecule has 0 radical (unpaired) electrons. The first-order valence-corrected chi connectivity index (χ1v) is 9.04. The zero-order valence-electron chi connectivity index (χ0n) is 15.1. The SMILES string of the molecule is CN=C(NCCc1c(C)nn(C)c1C)N1CC2CCCCC2C1. The third-order valence-corrected chi connectivity index (χ3v) is 5.80. The predicted octanol–water partition coefficient (Wildman–Crippen LogP) is 2.28. The fourth-order valence-corrected chi connectivity index (χ4v) is 4.39. The summed E-state index contributed by atoms with van der Waals surface area (Å²) < 4.78 is 1.98. The second kappa shape index (κ2) is 6.93. The summed E-state index contributed by atoms with van der Waals surface area (Å²) in [5, 5.41) is 8.08. The number of fused-ring (bicyclic) bond motifs is 1. The third kappa shape index (κ3) is 3.38. The van der Waals surface area contributed by atoms with Crippen LogP contribution >= 0.6 is 0 Å². The van der Waals surface area contributed by atoms with Gasteiger partial charge in [0, 0.05) is 39.4 Å². The zero-order valence-corrected chi connectivity index (χ0v) is 15.1. The van der Waals surface area contributed by atoms with E-state index in [0.29, 0.717) is 0 Å². The molecule has 0 bridgehead atoms. The van der Waals surface area contributed by atoms with Crippen LogP contribution in [-0.4, -0.2) is 47.3 Å². The van der Waals surface area contributed by atoms with Crippen LogP contribution < -0.4 is 5.32 Å². The van der Waals surface area contributed by atoms with Crippen LogP contribution in [0.5, 0.6) is 0 Å². The molecule has 0 spiro atoms. The topological polar surface area (TPSA) is 45.5 Å². The van der Waals surface area contributed by atoms with Gasteiger partial charge in [0.1, 0.15) is 0 Å². The van der Waals surface area contributed by atoms with Crippen molar-refractivity contribution in [3.05, 3.63) is 17.0 Å². The van der Waals surface area contributed by atoms with Gasteiger partial charge >= 0.3 is 0 Å². The first-order chi connectivity index (χ1) is 11.1. The number of likely N-dealkylation sites (tertiary alicyclic amines) is 1. The van der Waals surface area contributed by atoms with E-state index in [1.54, 1.807) is 0 Å². The van der Waals surface area contributed by atoms with E-state index in [1.165, 1.54) is 50.0 Å². The second-order valence-electron chi connectivity index (χ2n) is 7.21. The van der Waals surface area contributed by atoms with Gasteiger partial charge in [-0.25, -0.2) is 0 Å². The zero-order chi connectivity index (χ0) is 16.4. The Morgan fingerprint density at radius 1 is 1.22 bits per heavy atom. The van der Waals surface area contributed by atoms with E-state index in [0.717, 1.165) is 36.5 Å². The van der Waals surface area contributed by atoms with Crippen molar-refractivity contribution in [1.82, 2.24) is 20.0 Å². The molecule has 3 rings (SSSR count). The number of hydrogen-bond acceptors (Lipinski definition) is 2. The molecule has 2 fully saturated rings. The Kier molecular flexibility index (Phi) is 4.93. The van der Waals surface area contributed by atoms with Gasteiger partial charge in [0.25, 0.3) is 0 Å². The van der Waals surface area contributed by atoms with Crippen LogP contribution in [0, 0.1) is 25.7 Å². The van der Waals surface area contributed by atoms with Crippen molar-refractivity contribution in [3.8, 4) is 0 Å². The molecule has 1 aliphatic heterocycles. The van der Waals surface area contributed by atoms with Gasteiger partial charge in [-0.15, -0.1) is 0 Å². The number of guanidine groups is 1. The van der Waals surface area contributed by atoms with Gasteiger partial charge in [0.15, 0.2) is 5.96 Å². The second-order valence-corrected chi connectivity index (χ2v) is 7.21. The Bertz CT molecular complexity index is 560. The van der Waals surface area contributed by atoms with Crippen molar-refractivity contribution >= 4 is 5.96 Å². The summed E-state index contributed by atoms with van der Waals surface area (Å²) >= 11 is 0. The van der Waals surface area contributed by atoms with Crippen LogP contribution in [-0.2, 0) is 13.5 Å². The smallest absolute Gasteiger partial charge is 0.193 e. The van der Waals surface area contributed by atoms with E-state index in [2.05, 4.69) is 34.2 Å². The van der Waals surface area contributed by atoms with Gasteiger partial charge in [0.05, 0.1) is 5.69 Å². The lowest BCUT2D eigenvalue weighted by Crippen LogP contribution is -2.41. The van der Waals surface area contributed by atoms with Gasteiger partial charge in [-0.1, -0.05) is 12.8 Å². The molecule has 1 aromatic rings. The summed E-state index contributed by atoms with van der Waals surface area (Å²) in [6, 6.07) is 0. The highest BCUT2D eigenvalue weighted by Gasteiger charge is 2.35. The molecule has 128 valence electrons. The molecule has 1 saturated carbocycles. The Morgan fingerprint density at radius 3 is 2.39 bits per heavy atom. The van der Waals surface area contributed by atoms with Crippen molar-refractivity contribution < 1.29 is 0 Å². The van der Waals surface area contributed by atoms with Crippen LogP contribution in [0.1, 0.15) is 42.6 Å². The van der Waals surface area contributed by atoms with E-state index in [4.69, 9.17) is 0 Å². The summed E-state index contributed by atoms with van der Waals surface area (Å²) in [5.41, 5.74) is 3.78. The van der Waals surface area contributed by atoms with E-state index in [9.17, 15) is 0 Å². The minimum absolute atomic E-state index is 0.894. The fraction of sp³-hybridized carbons (Fsp3) is 0.778. The van der Waals surface area contributed by atoms with E-state index in [1.807, 2.05) is 18.8 Å². The number of aromatic nitrogens is 2. The maximum absolute atomic E-state index is 4.52. The standard InChI is InChI=1S/C18H31N5/c1-13-17(14(2)22(4)21-13)9-10-20-18(19-3)23-11-15-7-5-6-8-16(15)12-23/h15-16H,5-12H2,1-4H3,(H,19,20). The van der Waals surface area contributed by atoms with Crippen LogP contribution in [0.2, 0.25) is 0 Å². The van der Waals surface area contributed by atoms with Gasteiger partial charge in [-0.3, -0.25) is 9.67 Å². The number of rotatable bonds is 3. The average Bonchev–Trinajstić information content (AvgIpc) is 3.07. The van der Waals surface area contributed by atoms with Gasteiger partial charge in [-0.05, 0) is 50.5 Å². The number of nitrogens with zero attached hydrogens (tertiary/aromatic N) is 4. The lowest BCUT2D eigenvalue weighted by atomic mass is 9.82. The molecule has 0 amide bonds. The molecule has 1 aliphatic carbocycles. The molecule has 1 aromatic heterocycles. The molecule has 2 heterocycles. The van der Waals surface area contributed by atoms with E-state index >= 15 is 0 Å². The summed E-state index contributed by atoms with van der Waals surface area (Å²) in [6.45, 7) is 7.55. The monoisotopic (exact) mass is 317 g/mol. The molecule has 23 heavy (non-hydrogen) atoms. The largest absolute Gasteiger partial charge is 0.356 e. The number of aryl methyl sites for hydroxylation is 2. The molecule has 2 aliphatic rings. The number of hydrogen-bond donors (Lipinski definition) is 1. The maximum atomic E-state index is 4.52. The van der Waals surface area contributed by atoms with Crippen molar-refractivity contribution in [2.24, 2.45) is 23.9 Å². The van der Waals surface area contributed by atoms with Crippen molar-refractivity contribution in [1.29, 1.82) is 0 Å². The van der Waals surface area contributed by atoms with Crippen LogP contribution in [0.25, 0.3) is 0 Å². The van der Waals surface area contributed by atoms with Crippen LogP contribution in [0.4, 0.5) is 0 Å². The average molecular weight is 317 g/mol. The van der Waals surface area contributed by atoms with Gasteiger partial charge < -0.3 is 10.2 Å². The summed E-state index contributed by atoms with van der Waals surface area (Å²) in [6.07, 6.45) is 6.66. The maximum Gasteiger partial charge on any atom is 0.193 e. The quantitative estimate of drug-likeness (QED) is 0.687. The minimum atomic E-state index is 0.894. The molecule has 5 nitrogen and oxygen atoms in total. The summed E-state index contributed by atoms with van der Waals surface area (Å²) in [5.74, 6) is 2.87. The van der Waals surface area contributed by atoms with Gasteiger partial charge in [-0.2, -0.15) is 5.10 Å². The highest BCUT2D eigenvalue weighted by Crippen LogP contribution is 2.35. The van der Waals surface area contributed by atoms with Crippen LogP contribution in [0.3, 0.4) is 0 Å². The molecule has 1 saturated heterocycles. The number of aliphatic imine (C=N–C) groups is 1. The molecule has 1 N–H and O–H groups in total. The Hall–Kier alpha value is -1.52. The molecular weight excluding hydrogens is 286 g/mol. The van der Waals surface area contributed by atoms with Gasteiger partial charge in [0.2, 0.25) is 0 Å². The van der Waals surface area contributed by atoms with Crippen molar-refractivity contribution in [3.63, 3.8) is 0 Å². The van der Waals surface area contributed by atoms with Crippen molar-refractivity contribution in [2.75, 3.05) is 26.7 Å². The lowest BCUT2D eigenvalue weighted by Gasteiger charge is -2.22. The molecule has 0 aromatic carbocycles. The first-order valence-electron chi connectivity index (χ1n) is 9.04. The molecular formula is C18H31N5. The summed E-state index contributed by atoms with van der Waals surface area (Å²) in [4.78, 5) is 7.00. The first kappa shape index (κ1) is 16.3. The summed E-state index contributed by atoms with van der Waals surface area (Å²) in [7, 11) is 3.93. The Morgan fingerprint density at radius 2 is 1.87 bits per heavy atom.